The SMILES string of the molecule is COC1(c2ccc(F)cc2)CCN(C(=O)c2cncc(C)c2Nc2ccccc2C)CC1. The summed E-state index contributed by atoms with van der Waals surface area (Å²) < 4.78 is 19.3. The number of aryl methyl sites for hydroxylation is 2. The van der Waals surface area contributed by atoms with Gasteiger partial charge in [0.15, 0.2) is 0 Å². The highest BCUT2D eigenvalue weighted by atomic mass is 19.1. The zero-order valence-electron chi connectivity index (χ0n) is 18.7. The van der Waals surface area contributed by atoms with Crippen LogP contribution in [0.25, 0.3) is 0 Å². The van der Waals surface area contributed by atoms with E-state index in [1.807, 2.05) is 43.0 Å². The summed E-state index contributed by atoms with van der Waals surface area (Å²) >= 11 is 0. The van der Waals surface area contributed by atoms with Crippen molar-refractivity contribution in [3.8, 4) is 0 Å². The number of carbonyl (C=O) groups excluding carboxylic acids is 1. The van der Waals surface area contributed by atoms with Gasteiger partial charge in [0.05, 0.1) is 16.9 Å². The summed E-state index contributed by atoms with van der Waals surface area (Å²) in [6, 6.07) is 14.4. The van der Waals surface area contributed by atoms with Crippen molar-refractivity contribution in [3.63, 3.8) is 0 Å². The minimum Gasteiger partial charge on any atom is -0.373 e. The van der Waals surface area contributed by atoms with Gasteiger partial charge in [-0.2, -0.15) is 0 Å². The Bertz CT molecular complexity index is 1110. The van der Waals surface area contributed by atoms with Crippen LogP contribution >= 0.6 is 0 Å². The number of anilines is 2. The number of pyridine rings is 1. The zero-order chi connectivity index (χ0) is 22.7. The third-order valence-electron chi connectivity index (χ3n) is 6.39. The summed E-state index contributed by atoms with van der Waals surface area (Å²) in [5.74, 6) is -0.325. The van der Waals surface area contributed by atoms with Gasteiger partial charge in [-0.25, -0.2) is 4.39 Å². The molecule has 1 amide bonds. The second kappa shape index (κ2) is 9.09. The van der Waals surface area contributed by atoms with Crippen LogP contribution in [0, 0.1) is 19.7 Å². The van der Waals surface area contributed by atoms with Crippen LogP contribution < -0.4 is 5.32 Å². The van der Waals surface area contributed by atoms with Gasteiger partial charge in [0.2, 0.25) is 0 Å². The number of halogens is 1. The highest BCUT2D eigenvalue weighted by Gasteiger charge is 2.38. The monoisotopic (exact) mass is 433 g/mol. The Kier molecular flexibility index (Phi) is 6.24. The van der Waals surface area contributed by atoms with Gasteiger partial charge in [-0.3, -0.25) is 9.78 Å². The molecule has 0 unspecified atom stereocenters. The number of ether oxygens (including phenoxy) is 1. The molecule has 6 heteroatoms. The van der Waals surface area contributed by atoms with Crippen LogP contribution in [-0.4, -0.2) is 36.0 Å². The molecule has 1 aliphatic heterocycles. The molecule has 0 aliphatic carbocycles. The third-order valence-corrected chi connectivity index (χ3v) is 6.39. The number of carbonyl (C=O) groups is 1. The molecule has 4 rings (SSSR count). The molecule has 1 aliphatic rings. The molecule has 166 valence electrons. The van der Waals surface area contributed by atoms with E-state index in [2.05, 4.69) is 10.3 Å². The molecule has 32 heavy (non-hydrogen) atoms. The fraction of sp³-hybridized carbons (Fsp3) is 0.308. The van der Waals surface area contributed by atoms with E-state index in [4.69, 9.17) is 4.74 Å². The van der Waals surface area contributed by atoms with Crippen molar-refractivity contribution in [1.29, 1.82) is 0 Å². The van der Waals surface area contributed by atoms with Crippen LogP contribution in [0.15, 0.2) is 60.9 Å². The second-order valence-corrected chi connectivity index (χ2v) is 8.32. The van der Waals surface area contributed by atoms with Crippen molar-refractivity contribution in [2.24, 2.45) is 0 Å². The molecule has 0 spiro atoms. The molecule has 0 bridgehead atoms. The number of nitrogens with zero attached hydrogens (tertiary/aromatic N) is 2. The van der Waals surface area contributed by atoms with Crippen molar-refractivity contribution in [1.82, 2.24) is 9.88 Å². The topological polar surface area (TPSA) is 54.5 Å². The fourth-order valence-electron chi connectivity index (χ4n) is 4.35. The number of para-hydroxylation sites is 1. The second-order valence-electron chi connectivity index (χ2n) is 8.32. The molecular formula is C26H28FN3O2. The third kappa shape index (κ3) is 4.23. The molecular weight excluding hydrogens is 405 g/mol. The minimum atomic E-state index is -0.516. The summed E-state index contributed by atoms with van der Waals surface area (Å²) in [4.78, 5) is 19.6. The number of hydrogen-bond donors (Lipinski definition) is 1. The molecule has 2 heterocycles. The smallest absolute Gasteiger partial charge is 0.257 e. The van der Waals surface area contributed by atoms with Crippen molar-refractivity contribution in [2.75, 3.05) is 25.5 Å². The summed E-state index contributed by atoms with van der Waals surface area (Å²) in [6.45, 7) is 5.07. The zero-order valence-corrected chi connectivity index (χ0v) is 18.7. The largest absolute Gasteiger partial charge is 0.373 e. The van der Waals surface area contributed by atoms with Crippen LogP contribution in [0.2, 0.25) is 0 Å². The summed E-state index contributed by atoms with van der Waals surface area (Å²) in [5.41, 5.74) is 4.73. The highest BCUT2D eigenvalue weighted by Crippen LogP contribution is 2.37. The van der Waals surface area contributed by atoms with Gasteiger partial charge in [0.1, 0.15) is 5.82 Å². The number of aromatic nitrogens is 1. The number of hydrogen-bond acceptors (Lipinski definition) is 4. The molecule has 5 nitrogen and oxygen atoms in total. The first-order valence-corrected chi connectivity index (χ1v) is 10.8. The number of benzene rings is 2. The first kappa shape index (κ1) is 22.0. The highest BCUT2D eigenvalue weighted by molar-refractivity contribution is 6.00. The lowest BCUT2D eigenvalue weighted by Gasteiger charge is -2.41. The van der Waals surface area contributed by atoms with Crippen LogP contribution in [0.3, 0.4) is 0 Å². The Morgan fingerprint density at radius 3 is 2.38 bits per heavy atom. The maximum Gasteiger partial charge on any atom is 0.257 e. The maximum absolute atomic E-state index is 13.5. The molecule has 1 fully saturated rings. The lowest BCUT2D eigenvalue weighted by molar-refractivity contribution is -0.0575. The number of likely N-dealkylation sites (tertiary alicyclic amines) is 1. The van der Waals surface area contributed by atoms with Crippen molar-refractivity contribution < 1.29 is 13.9 Å². The molecule has 3 aromatic rings. The van der Waals surface area contributed by atoms with Crippen molar-refractivity contribution in [3.05, 3.63) is 89.0 Å². The summed E-state index contributed by atoms with van der Waals surface area (Å²) in [5, 5.41) is 3.44. The number of rotatable bonds is 5. The minimum absolute atomic E-state index is 0.0545. The van der Waals surface area contributed by atoms with Crippen LogP contribution in [0.5, 0.6) is 0 Å². The van der Waals surface area contributed by atoms with Gasteiger partial charge < -0.3 is 15.0 Å². The average molecular weight is 434 g/mol. The lowest BCUT2D eigenvalue weighted by Crippen LogP contribution is -2.46. The van der Waals surface area contributed by atoms with Gasteiger partial charge in [-0.05, 0) is 61.6 Å². The molecule has 1 aromatic heterocycles. The predicted molar refractivity (Wildman–Crippen MR) is 124 cm³/mol. The molecule has 1 saturated heterocycles. The van der Waals surface area contributed by atoms with Crippen molar-refractivity contribution >= 4 is 17.3 Å². The summed E-state index contributed by atoms with van der Waals surface area (Å²) in [7, 11) is 1.68. The van der Waals surface area contributed by atoms with E-state index in [0.717, 1.165) is 28.1 Å². The van der Waals surface area contributed by atoms with E-state index in [1.54, 1.807) is 31.6 Å². The molecule has 0 saturated carbocycles. The summed E-state index contributed by atoms with van der Waals surface area (Å²) in [6.07, 6.45) is 4.67. The van der Waals surface area contributed by atoms with Crippen molar-refractivity contribution in [2.45, 2.75) is 32.3 Å². The van der Waals surface area contributed by atoms with Crippen LogP contribution in [0.4, 0.5) is 15.8 Å². The van der Waals surface area contributed by atoms with E-state index in [-0.39, 0.29) is 11.7 Å². The lowest BCUT2D eigenvalue weighted by atomic mass is 9.84. The first-order chi connectivity index (χ1) is 15.4. The van der Waals surface area contributed by atoms with Gasteiger partial charge in [-0.1, -0.05) is 30.3 Å². The van der Waals surface area contributed by atoms with E-state index in [0.29, 0.717) is 31.5 Å². The number of nitrogens with one attached hydrogen (secondary N) is 1. The Labute approximate surface area is 188 Å². The quantitative estimate of drug-likeness (QED) is 0.589. The Hall–Kier alpha value is -3.25. The Morgan fingerprint density at radius 1 is 1.03 bits per heavy atom. The maximum atomic E-state index is 13.5. The Balaban J connectivity index is 1.55. The van der Waals surface area contributed by atoms with Gasteiger partial charge in [-0.15, -0.1) is 0 Å². The first-order valence-electron chi connectivity index (χ1n) is 10.8. The normalized spacial score (nSPS) is 15.4. The van der Waals surface area contributed by atoms with Gasteiger partial charge in [0.25, 0.3) is 5.91 Å². The van der Waals surface area contributed by atoms with Gasteiger partial charge in [0, 0.05) is 38.3 Å². The van der Waals surface area contributed by atoms with E-state index >= 15 is 0 Å². The van der Waals surface area contributed by atoms with E-state index < -0.39 is 5.60 Å². The van der Waals surface area contributed by atoms with Crippen LogP contribution in [0.1, 0.15) is 39.9 Å². The predicted octanol–water partition coefficient (Wildman–Crippen LogP) is 5.36. The number of piperidine rings is 1. The van der Waals surface area contributed by atoms with E-state index in [1.165, 1.54) is 12.1 Å². The standard InChI is InChI=1S/C26H28FN3O2/c1-18-6-4-5-7-23(18)29-24-19(2)16-28-17-22(24)25(31)30-14-12-26(32-3,13-15-30)20-8-10-21(27)11-9-20/h4-11,16-17H,12-15H2,1-3H3,(H,28,29). The van der Waals surface area contributed by atoms with Gasteiger partial charge >= 0.3 is 0 Å². The molecule has 0 radical (unpaired) electrons. The number of methoxy groups -OCH3 is 1. The fourth-order valence-corrected chi connectivity index (χ4v) is 4.35. The van der Waals surface area contributed by atoms with Crippen LogP contribution in [-0.2, 0) is 10.3 Å². The van der Waals surface area contributed by atoms with E-state index in [9.17, 15) is 9.18 Å². The Morgan fingerprint density at radius 2 is 1.72 bits per heavy atom. The molecule has 0 atom stereocenters. The number of amides is 1. The molecule has 2 aromatic carbocycles. The molecule has 1 N–H and O–H groups in total. The average Bonchev–Trinajstić information content (AvgIpc) is 2.82.